The van der Waals surface area contributed by atoms with Gasteiger partial charge >= 0.3 is 0 Å². The second-order valence-corrected chi connectivity index (χ2v) is 9.64. The summed E-state index contributed by atoms with van der Waals surface area (Å²) in [5.41, 5.74) is 0.0334. The fourth-order valence-electron chi connectivity index (χ4n) is 6.53. The molecule has 5 fully saturated rings. The van der Waals surface area contributed by atoms with Gasteiger partial charge in [-0.15, -0.1) is 0 Å². The van der Waals surface area contributed by atoms with E-state index in [1.165, 1.54) is 19.3 Å². The molecule has 26 heavy (non-hydrogen) atoms. The van der Waals surface area contributed by atoms with Gasteiger partial charge < -0.3 is 10.4 Å². The zero-order valence-electron chi connectivity index (χ0n) is 15.2. The molecule has 1 aromatic rings. The number of aromatic nitrogens is 2. The maximum Gasteiger partial charge on any atom is 0.256 e. The van der Waals surface area contributed by atoms with Gasteiger partial charge in [-0.25, -0.2) is 0 Å². The van der Waals surface area contributed by atoms with E-state index in [-0.39, 0.29) is 11.9 Å². The van der Waals surface area contributed by atoms with Gasteiger partial charge in [0.2, 0.25) is 0 Å². The number of hydrogen-bond donors (Lipinski definition) is 2. The molecule has 5 nitrogen and oxygen atoms in total. The van der Waals surface area contributed by atoms with Crippen LogP contribution in [-0.4, -0.2) is 32.4 Å². The second kappa shape index (κ2) is 6.23. The van der Waals surface area contributed by atoms with E-state index in [2.05, 4.69) is 10.4 Å². The van der Waals surface area contributed by atoms with Crippen LogP contribution in [0.1, 0.15) is 80.6 Å². The summed E-state index contributed by atoms with van der Waals surface area (Å²) in [6.45, 7) is 0. The van der Waals surface area contributed by atoms with Crippen LogP contribution in [0.25, 0.3) is 0 Å². The minimum Gasteiger partial charge on any atom is -0.390 e. The Bertz CT molecular complexity index is 696. The highest BCUT2D eigenvalue weighted by Gasteiger charge is 2.55. The third-order valence-electron chi connectivity index (χ3n) is 7.44. The number of halogens is 1. The topological polar surface area (TPSA) is 67.2 Å². The lowest BCUT2D eigenvalue weighted by Gasteiger charge is -2.58. The Hall–Kier alpha value is -1.07. The molecule has 6 heteroatoms. The first-order valence-electron chi connectivity index (χ1n) is 10.3. The molecule has 0 aliphatic heterocycles. The molecule has 0 aromatic carbocycles. The average Bonchev–Trinajstić information content (AvgIpc) is 2.99. The van der Waals surface area contributed by atoms with E-state index >= 15 is 0 Å². The molecule has 0 radical (unpaired) electrons. The molecule has 5 aliphatic carbocycles. The van der Waals surface area contributed by atoms with Crippen molar-refractivity contribution in [2.75, 3.05) is 0 Å². The van der Waals surface area contributed by atoms with Crippen molar-refractivity contribution in [3.05, 3.63) is 16.9 Å². The normalized spacial score (nSPS) is 39.3. The summed E-state index contributed by atoms with van der Waals surface area (Å²) in [5.74, 6) is 1.36. The first-order chi connectivity index (χ1) is 12.5. The highest BCUT2D eigenvalue weighted by Crippen LogP contribution is 2.55. The van der Waals surface area contributed by atoms with Crippen molar-refractivity contribution in [1.82, 2.24) is 15.1 Å². The highest BCUT2D eigenvalue weighted by molar-refractivity contribution is 6.32. The number of rotatable bonds is 3. The monoisotopic (exact) mass is 377 g/mol. The number of hydrogen-bond acceptors (Lipinski definition) is 3. The minimum absolute atomic E-state index is 0.0958. The van der Waals surface area contributed by atoms with E-state index in [1.807, 2.05) is 4.68 Å². The Kier molecular flexibility index (Phi) is 4.09. The van der Waals surface area contributed by atoms with Gasteiger partial charge in [0.1, 0.15) is 5.15 Å². The van der Waals surface area contributed by atoms with E-state index in [0.29, 0.717) is 34.5 Å². The van der Waals surface area contributed by atoms with Gasteiger partial charge in [0.25, 0.3) is 5.91 Å². The van der Waals surface area contributed by atoms with Gasteiger partial charge in [-0.1, -0.05) is 30.9 Å². The third kappa shape index (κ3) is 2.78. The molecule has 4 bridgehead atoms. The number of carbonyl (C=O) groups excluding carboxylic acids is 1. The molecular formula is C20H28ClN3O2. The van der Waals surface area contributed by atoms with Crippen LogP contribution in [0.3, 0.4) is 0 Å². The Morgan fingerprint density at radius 2 is 1.88 bits per heavy atom. The molecule has 6 rings (SSSR count). The molecule has 1 aromatic heterocycles. The fraction of sp³-hybridized carbons (Fsp3) is 0.800. The smallest absolute Gasteiger partial charge is 0.256 e. The molecule has 2 N–H and O–H groups in total. The fourth-order valence-corrected chi connectivity index (χ4v) is 6.84. The average molecular weight is 378 g/mol. The lowest BCUT2D eigenvalue weighted by atomic mass is 9.52. The van der Waals surface area contributed by atoms with Gasteiger partial charge in [0.05, 0.1) is 23.4 Å². The standard InChI is InChI=1S/C20H28ClN3O2/c21-18-16(11-22-24(18)15-4-2-1-3-5-15)19(25)23-17-13-6-12-7-14(17)10-20(26,8-12)9-13/h11-15,17,26H,1-10H2,(H,23,25)/t12?,13?,14?,17-,20-. The quantitative estimate of drug-likeness (QED) is 0.843. The molecule has 142 valence electrons. The van der Waals surface area contributed by atoms with Crippen molar-refractivity contribution in [3.63, 3.8) is 0 Å². The van der Waals surface area contributed by atoms with Gasteiger partial charge in [0.15, 0.2) is 0 Å². The molecule has 0 saturated heterocycles. The van der Waals surface area contributed by atoms with Crippen molar-refractivity contribution in [2.45, 2.75) is 81.9 Å². The van der Waals surface area contributed by atoms with Crippen LogP contribution >= 0.6 is 11.6 Å². The maximum atomic E-state index is 12.9. The Morgan fingerprint density at radius 3 is 2.54 bits per heavy atom. The molecule has 5 saturated carbocycles. The zero-order valence-corrected chi connectivity index (χ0v) is 15.9. The first-order valence-corrected chi connectivity index (χ1v) is 10.7. The predicted molar refractivity (Wildman–Crippen MR) is 99.1 cm³/mol. The summed E-state index contributed by atoms with van der Waals surface area (Å²) >= 11 is 6.54. The van der Waals surface area contributed by atoms with E-state index in [0.717, 1.165) is 44.9 Å². The number of nitrogens with one attached hydrogen (secondary N) is 1. The molecule has 2 atom stereocenters. The number of amides is 1. The van der Waals surface area contributed by atoms with Gasteiger partial charge in [-0.3, -0.25) is 9.48 Å². The summed E-state index contributed by atoms with van der Waals surface area (Å²) in [7, 11) is 0. The molecule has 0 spiro atoms. The SMILES string of the molecule is O=C(N[C@H]1C2CC3CC1C[C@](O)(C3)C2)c1cnn(C2CCCCC2)c1Cl. The van der Waals surface area contributed by atoms with Gasteiger partial charge in [-0.2, -0.15) is 5.10 Å². The zero-order chi connectivity index (χ0) is 17.9. The molecule has 1 amide bonds. The van der Waals surface area contributed by atoms with Crippen LogP contribution in [0.2, 0.25) is 5.15 Å². The summed E-state index contributed by atoms with van der Waals surface area (Å²) < 4.78 is 1.86. The third-order valence-corrected chi connectivity index (χ3v) is 7.82. The van der Waals surface area contributed by atoms with E-state index in [1.54, 1.807) is 6.20 Å². The lowest BCUT2D eigenvalue weighted by Crippen LogP contribution is -2.61. The van der Waals surface area contributed by atoms with Crippen molar-refractivity contribution in [3.8, 4) is 0 Å². The van der Waals surface area contributed by atoms with Crippen LogP contribution < -0.4 is 5.32 Å². The molecule has 2 unspecified atom stereocenters. The maximum absolute atomic E-state index is 12.9. The van der Waals surface area contributed by atoms with Gasteiger partial charge in [-0.05, 0) is 62.7 Å². The summed E-state index contributed by atoms with van der Waals surface area (Å²) in [6.07, 6.45) is 12.4. The summed E-state index contributed by atoms with van der Waals surface area (Å²) in [4.78, 5) is 12.9. The van der Waals surface area contributed by atoms with Crippen molar-refractivity contribution >= 4 is 17.5 Å². The van der Waals surface area contributed by atoms with Crippen molar-refractivity contribution < 1.29 is 9.90 Å². The Labute approximate surface area is 159 Å². The van der Waals surface area contributed by atoms with Crippen LogP contribution in [0.15, 0.2) is 6.20 Å². The molecule has 1 heterocycles. The van der Waals surface area contributed by atoms with E-state index in [9.17, 15) is 9.90 Å². The summed E-state index contributed by atoms with van der Waals surface area (Å²) in [5, 5.41) is 18.9. The van der Waals surface area contributed by atoms with E-state index in [4.69, 9.17) is 11.6 Å². The Balaban J connectivity index is 1.31. The van der Waals surface area contributed by atoms with Crippen molar-refractivity contribution in [1.29, 1.82) is 0 Å². The highest BCUT2D eigenvalue weighted by atomic mass is 35.5. The second-order valence-electron chi connectivity index (χ2n) is 9.28. The van der Waals surface area contributed by atoms with E-state index < -0.39 is 5.60 Å². The predicted octanol–water partition coefficient (Wildman–Crippen LogP) is 3.71. The molecular weight excluding hydrogens is 350 g/mol. The lowest BCUT2D eigenvalue weighted by molar-refractivity contribution is -0.136. The minimum atomic E-state index is -0.471. The number of carbonyl (C=O) groups is 1. The Morgan fingerprint density at radius 1 is 1.19 bits per heavy atom. The molecule has 5 aliphatic rings. The van der Waals surface area contributed by atoms with Crippen LogP contribution in [0.4, 0.5) is 0 Å². The van der Waals surface area contributed by atoms with Crippen molar-refractivity contribution in [2.24, 2.45) is 17.8 Å². The van der Waals surface area contributed by atoms with Gasteiger partial charge in [0, 0.05) is 6.04 Å². The largest absolute Gasteiger partial charge is 0.390 e. The van der Waals surface area contributed by atoms with Crippen LogP contribution in [-0.2, 0) is 0 Å². The number of aliphatic hydroxyl groups is 1. The number of nitrogens with zero attached hydrogens (tertiary/aromatic N) is 2. The van der Waals surface area contributed by atoms with Crippen LogP contribution in [0.5, 0.6) is 0 Å². The van der Waals surface area contributed by atoms with Crippen LogP contribution in [0, 0.1) is 17.8 Å². The summed E-state index contributed by atoms with van der Waals surface area (Å²) in [6, 6.07) is 0.502. The first kappa shape index (κ1) is 17.1.